The lowest BCUT2D eigenvalue weighted by molar-refractivity contribution is -0.385. The summed E-state index contributed by atoms with van der Waals surface area (Å²) >= 11 is 0. The van der Waals surface area contributed by atoms with Gasteiger partial charge in [0.1, 0.15) is 22.1 Å². The molecule has 0 radical (unpaired) electrons. The van der Waals surface area contributed by atoms with Crippen LogP contribution in [-0.2, 0) is 0 Å². The van der Waals surface area contributed by atoms with Crippen LogP contribution < -0.4 is 38.4 Å². The van der Waals surface area contributed by atoms with Crippen molar-refractivity contribution in [1.82, 2.24) is 9.72 Å². The van der Waals surface area contributed by atoms with Gasteiger partial charge >= 0.3 is 23.2 Å². The van der Waals surface area contributed by atoms with E-state index < -0.39 is 42.9 Å². The van der Waals surface area contributed by atoms with Crippen molar-refractivity contribution in [3.63, 3.8) is 0 Å². The predicted molar refractivity (Wildman–Crippen MR) is 217 cm³/mol. The van der Waals surface area contributed by atoms with E-state index in [0.29, 0.717) is 10.6 Å². The van der Waals surface area contributed by atoms with Gasteiger partial charge in [0.05, 0.1) is 19.7 Å². The normalized spacial score (nSPS) is 14.8. The summed E-state index contributed by atoms with van der Waals surface area (Å²) < 4.78 is 32.4. The van der Waals surface area contributed by atoms with E-state index in [1.807, 2.05) is 24.3 Å². The molecule has 1 aliphatic heterocycles. The number of nitro groups is 4. The lowest BCUT2D eigenvalue weighted by Crippen LogP contribution is -2.44. The van der Waals surface area contributed by atoms with Crippen LogP contribution in [0.1, 0.15) is 0 Å². The van der Waals surface area contributed by atoms with Gasteiger partial charge in [-0.1, -0.05) is 36.4 Å². The largest absolute Gasteiger partial charge is 0.565 e. The van der Waals surface area contributed by atoms with E-state index in [9.17, 15) is 40.5 Å². The van der Waals surface area contributed by atoms with E-state index in [0.717, 1.165) is 0 Å². The minimum atomic E-state index is -4.20. The molecule has 0 saturated heterocycles. The number of non-ortho nitro benzene ring substituents is 4. The lowest BCUT2D eigenvalue weighted by atomic mass is 10.3. The maximum absolute atomic E-state index is 11.6. The van der Waals surface area contributed by atoms with Gasteiger partial charge in [0, 0.05) is 58.2 Å². The summed E-state index contributed by atoms with van der Waals surface area (Å²) in [4.78, 5) is 50.9. The number of hydrogen-bond acceptors (Lipinski definition) is 15. The Kier molecular flexibility index (Phi) is 11.1. The van der Waals surface area contributed by atoms with Gasteiger partial charge in [-0.25, -0.2) is 0 Å². The van der Waals surface area contributed by atoms with Gasteiger partial charge in [-0.2, -0.15) is 0 Å². The van der Waals surface area contributed by atoms with Crippen molar-refractivity contribution in [3.05, 3.63) is 198 Å². The third-order valence-corrected chi connectivity index (χ3v) is 18.4. The van der Waals surface area contributed by atoms with Gasteiger partial charge in [0.2, 0.25) is 0 Å². The van der Waals surface area contributed by atoms with Gasteiger partial charge in [-0.15, -0.1) is 0 Å². The first-order valence-corrected chi connectivity index (χ1v) is 21.7. The Morgan fingerprint density at radius 1 is 0.448 bits per heavy atom. The van der Waals surface area contributed by atoms with Crippen LogP contribution in [0.15, 0.2) is 162 Å². The van der Waals surface area contributed by atoms with E-state index in [1.54, 1.807) is 36.4 Å². The Morgan fingerprint density at radius 2 is 0.759 bits per heavy atom. The van der Waals surface area contributed by atoms with Gasteiger partial charge in [-0.3, -0.25) is 49.5 Å². The Balaban J connectivity index is 1.52. The molecule has 7 rings (SSSR count). The van der Waals surface area contributed by atoms with Crippen LogP contribution in [0.2, 0.25) is 0 Å². The Bertz CT molecular complexity index is 2380. The third-order valence-electron chi connectivity index (χ3n) is 8.16. The molecule has 1 aliphatic rings. The molecule has 2 N–H and O–H groups in total. The van der Waals surface area contributed by atoms with Gasteiger partial charge in [0.15, 0.2) is 11.5 Å². The molecule has 6 aromatic carbocycles. The highest BCUT2D eigenvalue weighted by Gasteiger charge is 2.71. The summed E-state index contributed by atoms with van der Waals surface area (Å²) in [6.45, 7) is 0. The van der Waals surface area contributed by atoms with Crippen LogP contribution in [0.5, 0.6) is 23.0 Å². The van der Waals surface area contributed by atoms with Crippen LogP contribution in [0.4, 0.5) is 22.7 Å². The Hall–Kier alpha value is -6.87. The van der Waals surface area contributed by atoms with Crippen LogP contribution in [0, 0.1) is 40.5 Å². The second-order valence-electron chi connectivity index (χ2n) is 12.0. The number of benzene rings is 6. The van der Waals surface area contributed by atoms with E-state index in [2.05, 4.69) is 9.72 Å². The van der Waals surface area contributed by atoms with Gasteiger partial charge in [-0.05, 0) is 77.3 Å². The summed E-state index contributed by atoms with van der Waals surface area (Å²) in [5, 5.41) is 47.6. The number of nitro benzene ring substituents is 4. The molecule has 0 bridgehead atoms. The van der Waals surface area contributed by atoms with Crippen molar-refractivity contribution in [2.75, 3.05) is 0 Å². The lowest BCUT2D eigenvalue weighted by Gasteiger charge is -2.36. The van der Waals surface area contributed by atoms with Crippen LogP contribution >= 0.6 is 23.2 Å². The predicted octanol–water partition coefficient (Wildman–Crippen LogP) is 9.25. The molecule has 6 aromatic rings. The molecule has 0 saturated carbocycles. The first-order valence-electron chi connectivity index (χ1n) is 16.8. The number of rotatable bonds is 14. The van der Waals surface area contributed by atoms with Crippen LogP contribution in [-0.4, -0.2) is 19.7 Å². The van der Waals surface area contributed by atoms with E-state index in [1.165, 1.54) is 97.1 Å². The summed E-state index contributed by atoms with van der Waals surface area (Å²) in [7, 11) is -11.8. The quantitative estimate of drug-likeness (QED) is 0.0589. The fraction of sp³-hybridized carbons (Fsp3) is 0. The summed E-state index contributed by atoms with van der Waals surface area (Å²) in [5.41, 5.74) is -0.912. The zero-order chi connectivity index (χ0) is 40.9. The topological polar surface area (TPSA) is 246 Å². The molecular weight excluding hydrogens is 815 g/mol. The number of hydrogen-bond donors (Lipinski definition) is 2. The number of nitrogens with one attached hydrogen (secondary N) is 2. The van der Waals surface area contributed by atoms with Crippen molar-refractivity contribution < 1.29 is 37.8 Å². The van der Waals surface area contributed by atoms with E-state index in [-0.39, 0.29) is 45.7 Å². The zero-order valence-electron chi connectivity index (χ0n) is 29.5. The molecular formula is C36H28N7O12P3+2. The second kappa shape index (κ2) is 16.3. The minimum Gasteiger partial charge on any atom is -0.415 e. The molecule has 58 heavy (non-hydrogen) atoms. The van der Waals surface area contributed by atoms with Gasteiger partial charge < -0.3 is 9.05 Å². The van der Waals surface area contributed by atoms with Crippen molar-refractivity contribution in [1.29, 1.82) is 0 Å². The van der Waals surface area contributed by atoms with Crippen molar-refractivity contribution >= 4 is 56.6 Å². The van der Waals surface area contributed by atoms with Crippen molar-refractivity contribution in [2.24, 2.45) is 4.52 Å². The van der Waals surface area contributed by atoms with Crippen LogP contribution in [0.3, 0.4) is 0 Å². The maximum Gasteiger partial charge on any atom is 0.565 e. The summed E-state index contributed by atoms with van der Waals surface area (Å²) in [5.74, 6) is 0.264. The average molecular weight is 844 g/mol. The molecule has 22 heteroatoms. The standard InChI is InChI=1S/C36H28N7O12P3/c44-40(45)27-11-19-31(20-12-27)52-57(53-32-21-13-28(14-22-32)41(46)47)37-56(35-7-3-1-4-8-35,36-9-5-2-6-10-36)38-58(39-57,54-33-23-15-29(16-24-33)42(48)49)55-34-25-17-30(18-26-34)43(50)51/h1-26,37,39H/q+2. The molecule has 0 aliphatic carbocycles. The Morgan fingerprint density at radius 3 is 1.07 bits per heavy atom. The fourth-order valence-electron chi connectivity index (χ4n) is 5.54. The summed E-state index contributed by atoms with van der Waals surface area (Å²) in [6, 6.07) is 38.7. The average Bonchev–Trinajstić information content (AvgIpc) is 3.22. The van der Waals surface area contributed by atoms with Crippen LogP contribution in [0.25, 0.3) is 0 Å². The molecule has 1 heterocycles. The maximum atomic E-state index is 11.6. The van der Waals surface area contributed by atoms with Gasteiger partial charge in [0.25, 0.3) is 22.7 Å². The third kappa shape index (κ3) is 8.59. The zero-order valence-corrected chi connectivity index (χ0v) is 32.2. The first kappa shape index (κ1) is 39.4. The highest BCUT2D eigenvalue weighted by Crippen LogP contribution is 2.79. The van der Waals surface area contributed by atoms with Crippen molar-refractivity contribution in [2.45, 2.75) is 0 Å². The van der Waals surface area contributed by atoms with Crippen molar-refractivity contribution in [3.8, 4) is 23.0 Å². The van der Waals surface area contributed by atoms with E-state index >= 15 is 0 Å². The molecule has 0 spiro atoms. The molecule has 0 amide bonds. The molecule has 0 aromatic heterocycles. The number of nitrogens with zero attached hydrogens (tertiary/aromatic N) is 5. The highest BCUT2D eigenvalue weighted by molar-refractivity contribution is 7.99. The molecule has 0 atom stereocenters. The Labute approximate surface area is 329 Å². The molecule has 0 fully saturated rings. The minimum absolute atomic E-state index is 0.0574. The molecule has 19 nitrogen and oxygen atoms in total. The molecule has 292 valence electrons. The highest BCUT2D eigenvalue weighted by atomic mass is 31.3. The fourth-order valence-corrected chi connectivity index (χ4v) is 17.7. The SMILES string of the molecule is O=[N+]([O-])c1ccc(OP2(Oc3ccc([N+](=O)[O-])cc3)=N[P+](c3ccccc3)(c3ccccc3)N[P+](Oc3ccc([N+](=O)[O-])cc3)(Oc3ccc([N+](=O)[O-])cc3)N2)cc1. The van der Waals surface area contributed by atoms with E-state index in [4.69, 9.17) is 22.6 Å². The molecule has 0 unspecified atom stereocenters. The monoisotopic (exact) mass is 843 g/mol. The summed E-state index contributed by atoms with van der Waals surface area (Å²) in [6.07, 6.45) is 0. The first-order chi connectivity index (χ1) is 27.9. The second-order valence-corrected chi connectivity index (χ2v) is 19.5. The smallest absolute Gasteiger partial charge is 0.415 e.